The Kier molecular flexibility index (Phi) is 5.61. The van der Waals surface area contributed by atoms with Crippen molar-refractivity contribution in [1.82, 2.24) is 29.5 Å². The molecule has 4 heterocycles. The second-order valence-electron chi connectivity index (χ2n) is 8.74. The second-order valence-corrected chi connectivity index (χ2v) is 8.74. The lowest BCUT2D eigenvalue weighted by Crippen LogP contribution is -2.47. The van der Waals surface area contributed by atoms with E-state index >= 15 is 0 Å². The molecular weight excluding hydrogens is 404 g/mol. The van der Waals surface area contributed by atoms with Crippen molar-refractivity contribution in [2.24, 2.45) is 0 Å². The summed E-state index contributed by atoms with van der Waals surface area (Å²) in [5.74, 6) is 0.258. The van der Waals surface area contributed by atoms with Gasteiger partial charge < -0.3 is 14.7 Å². The van der Waals surface area contributed by atoms with Gasteiger partial charge in [-0.2, -0.15) is 5.10 Å². The monoisotopic (exact) mass is 432 g/mol. The molecule has 0 saturated carbocycles. The third kappa shape index (κ3) is 4.10. The standard InChI is InChI=1S/C24H28N6O2/c1-27-11-13-28(14-12-27)24(32)20-15-22(26-21-6-3-2-5-19(20)21)18-7-10-29(16-18)23(31)17-30-9-4-8-25-30/h2-6,8-9,15,18H,7,10-14,16-17H2,1H3/t18-/m1/s1. The number of likely N-dealkylation sites (tertiary alicyclic amines) is 1. The summed E-state index contributed by atoms with van der Waals surface area (Å²) in [6.45, 7) is 4.81. The van der Waals surface area contributed by atoms with Crippen molar-refractivity contribution in [2.75, 3.05) is 46.3 Å². The van der Waals surface area contributed by atoms with Crippen molar-refractivity contribution in [3.8, 4) is 0 Å². The third-order valence-corrected chi connectivity index (χ3v) is 6.57. The highest BCUT2D eigenvalue weighted by Gasteiger charge is 2.30. The third-order valence-electron chi connectivity index (χ3n) is 6.57. The zero-order valence-corrected chi connectivity index (χ0v) is 18.4. The molecule has 1 aromatic carbocycles. The summed E-state index contributed by atoms with van der Waals surface area (Å²) < 4.78 is 1.65. The fraction of sp³-hybridized carbons (Fsp3) is 0.417. The van der Waals surface area contributed by atoms with Gasteiger partial charge in [-0.15, -0.1) is 0 Å². The Morgan fingerprint density at radius 2 is 1.84 bits per heavy atom. The van der Waals surface area contributed by atoms with Crippen LogP contribution in [-0.4, -0.2) is 87.6 Å². The first kappa shape index (κ1) is 20.6. The van der Waals surface area contributed by atoms with E-state index in [4.69, 9.17) is 4.98 Å². The molecule has 2 fully saturated rings. The molecule has 2 saturated heterocycles. The maximum absolute atomic E-state index is 13.4. The number of para-hydroxylation sites is 1. The molecule has 1 atom stereocenters. The normalized spacial score (nSPS) is 19.6. The number of nitrogens with zero attached hydrogens (tertiary/aromatic N) is 6. The van der Waals surface area contributed by atoms with Gasteiger partial charge in [0.1, 0.15) is 6.54 Å². The number of carbonyl (C=O) groups excluding carboxylic acids is 2. The quantitative estimate of drug-likeness (QED) is 0.629. The van der Waals surface area contributed by atoms with Crippen LogP contribution in [0.3, 0.4) is 0 Å². The molecule has 8 nitrogen and oxygen atoms in total. The lowest BCUT2D eigenvalue weighted by atomic mass is 9.98. The number of piperazine rings is 1. The van der Waals surface area contributed by atoms with Crippen LogP contribution in [0.1, 0.15) is 28.4 Å². The first-order chi connectivity index (χ1) is 15.6. The van der Waals surface area contributed by atoms with Crippen LogP contribution in [0.25, 0.3) is 10.9 Å². The summed E-state index contributed by atoms with van der Waals surface area (Å²) in [5, 5.41) is 5.02. The topological polar surface area (TPSA) is 74.6 Å². The maximum Gasteiger partial charge on any atom is 0.254 e. The van der Waals surface area contributed by atoms with E-state index in [2.05, 4.69) is 17.0 Å². The van der Waals surface area contributed by atoms with Gasteiger partial charge in [-0.1, -0.05) is 18.2 Å². The van der Waals surface area contributed by atoms with Gasteiger partial charge in [0.2, 0.25) is 5.91 Å². The fourth-order valence-electron chi connectivity index (χ4n) is 4.62. The number of pyridine rings is 1. The second kappa shape index (κ2) is 8.70. The van der Waals surface area contributed by atoms with Gasteiger partial charge in [0, 0.05) is 68.7 Å². The highest BCUT2D eigenvalue weighted by atomic mass is 16.2. The van der Waals surface area contributed by atoms with Crippen molar-refractivity contribution >= 4 is 22.7 Å². The first-order valence-corrected chi connectivity index (χ1v) is 11.2. The molecule has 0 aliphatic carbocycles. The highest BCUT2D eigenvalue weighted by Crippen LogP contribution is 2.30. The summed E-state index contributed by atoms with van der Waals surface area (Å²) in [6, 6.07) is 11.6. The van der Waals surface area contributed by atoms with Crippen molar-refractivity contribution < 1.29 is 9.59 Å². The van der Waals surface area contributed by atoms with E-state index in [1.165, 1.54) is 0 Å². The van der Waals surface area contributed by atoms with Crippen molar-refractivity contribution in [2.45, 2.75) is 18.9 Å². The number of fused-ring (bicyclic) bond motifs is 1. The largest absolute Gasteiger partial charge is 0.340 e. The Morgan fingerprint density at radius 3 is 2.62 bits per heavy atom. The van der Waals surface area contributed by atoms with Gasteiger partial charge >= 0.3 is 0 Å². The molecule has 0 radical (unpaired) electrons. The van der Waals surface area contributed by atoms with Crippen molar-refractivity contribution in [3.63, 3.8) is 0 Å². The lowest BCUT2D eigenvalue weighted by molar-refractivity contribution is -0.131. The fourth-order valence-corrected chi connectivity index (χ4v) is 4.62. The summed E-state index contributed by atoms with van der Waals surface area (Å²) in [6.07, 6.45) is 4.32. The maximum atomic E-state index is 13.4. The van der Waals surface area contributed by atoms with E-state index in [1.807, 2.05) is 46.2 Å². The smallest absolute Gasteiger partial charge is 0.254 e. The Balaban J connectivity index is 1.39. The molecule has 0 N–H and O–H groups in total. The molecule has 166 valence electrons. The van der Waals surface area contributed by atoms with Crippen LogP contribution >= 0.6 is 0 Å². The van der Waals surface area contributed by atoms with E-state index in [0.29, 0.717) is 13.1 Å². The summed E-state index contributed by atoms with van der Waals surface area (Å²) in [4.78, 5) is 37.1. The Hall–Kier alpha value is -3.26. The highest BCUT2D eigenvalue weighted by molar-refractivity contribution is 6.06. The summed E-state index contributed by atoms with van der Waals surface area (Å²) >= 11 is 0. The number of likely N-dealkylation sites (N-methyl/N-ethyl adjacent to an activating group) is 1. The van der Waals surface area contributed by atoms with Crippen LogP contribution < -0.4 is 0 Å². The van der Waals surface area contributed by atoms with Gasteiger partial charge in [0.05, 0.1) is 11.1 Å². The van der Waals surface area contributed by atoms with Gasteiger partial charge in [-0.3, -0.25) is 19.3 Å². The average Bonchev–Trinajstić information content (AvgIpc) is 3.51. The molecule has 32 heavy (non-hydrogen) atoms. The predicted molar refractivity (Wildman–Crippen MR) is 121 cm³/mol. The molecule has 2 aliphatic rings. The Labute approximate surface area is 187 Å². The van der Waals surface area contributed by atoms with Gasteiger partial charge in [-0.25, -0.2) is 0 Å². The van der Waals surface area contributed by atoms with Crippen LogP contribution in [0.4, 0.5) is 0 Å². The van der Waals surface area contributed by atoms with Gasteiger partial charge in [0.15, 0.2) is 0 Å². The van der Waals surface area contributed by atoms with Crippen LogP contribution in [-0.2, 0) is 11.3 Å². The number of benzene rings is 1. The first-order valence-electron chi connectivity index (χ1n) is 11.2. The molecular formula is C24H28N6O2. The minimum Gasteiger partial charge on any atom is -0.340 e. The number of amides is 2. The summed E-state index contributed by atoms with van der Waals surface area (Å²) in [5.41, 5.74) is 2.45. The molecule has 0 unspecified atom stereocenters. The van der Waals surface area contributed by atoms with Crippen molar-refractivity contribution in [3.05, 3.63) is 60.0 Å². The Morgan fingerprint density at radius 1 is 1.03 bits per heavy atom. The van der Waals surface area contributed by atoms with Crippen LogP contribution in [0.5, 0.6) is 0 Å². The zero-order chi connectivity index (χ0) is 22.1. The van der Waals surface area contributed by atoms with E-state index in [9.17, 15) is 9.59 Å². The van der Waals surface area contributed by atoms with E-state index in [1.54, 1.807) is 17.1 Å². The molecule has 8 heteroatoms. The molecule has 2 amide bonds. The number of hydrogen-bond acceptors (Lipinski definition) is 5. The average molecular weight is 433 g/mol. The number of hydrogen-bond donors (Lipinski definition) is 0. The molecule has 0 spiro atoms. The number of rotatable bonds is 4. The molecule has 3 aromatic rings. The number of aromatic nitrogens is 3. The van der Waals surface area contributed by atoms with E-state index in [0.717, 1.165) is 54.8 Å². The number of carbonyl (C=O) groups is 2. The minimum absolute atomic E-state index is 0.0609. The predicted octanol–water partition coefficient (Wildman–Crippen LogP) is 1.83. The van der Waals surface area contributed by atoms with Crippen LogP contribution in [0, 0.1) is 0 Å². The van der Waals surface area contributed by atoms with E-state index in [-0.39, 0.29) is 24.3 Å². The summed E-state index contributed by atoms with van der Waals surface area (Å²) in [7, 11) is 2.08. The molecule has 0 bridgehead atoms. The Bertz CT molecular complexity index is 1120. The zero-order valence-electron chi connectivity index (χ0n) is 18.4. The molecule has 5 rings (SSSR count). The lowest BCUT2D eigenvalue weighted by Gasteiger charge is -2.32. The molecule has 2 aliphatic heterocycles. The SMILES string of the molecule is CN1CCN(C(=O)c2cc([C@@H]3CCN(C(=O)Cn4cccn4)C3)nc3ccccc23)CC1. The van der Waals surface area contributed by atoms with Crippen molar-refractivity contribution in [1.29, 1.82) is 0 Å². The van der Waals surface area contributed by atoms with Crippen LogP contribution in [0.15, 0.2) is 48.8 Å². The van der Waals surface area contributed by atoms with E-state index < -0.39 is 0 Å². The van der Waals surface area contributed by atoms with Gasteiger partial charge in [0.25, 0.3) is 5.91 Å². The van der Waals surface area contributed by atoms with Gasteiger partial charge in [-0.05, 0) is 31.7 Å². The minimum atomic E-state index is 0.0609. The van der Waals surface area contributed by atoms with Crippen LogP contribution in [0.2, 0.25) is 0 Å². The molecule has 2 aromatic heterocycles.